The first-order chi connectivity index (χ1) is 39.5. The summed E-state index contributed by atoms with van der Waals surface area (Å²) in [6.45, 7) is 6.55. The van der Waals surface area contributed by atoms with Gasteiger partial charge in [-0.05, 0) is 89.9 Å². The summed E-state index contributed by atoms with van der Waals surface area (Å²) in [5.41, 5.74) is 0. The molecule has 0 radical (unpaired) electrons. The molecular weight excluding hydrogens is 985 g/mol. The van der Waals surface area contributed by atoms with E-state index in [1.54, 1.807) is 0 Å². The molecule has 0 aromatic carbocycles. The Balaban J connectivity index is 4.19. The average Bonchev–Trinajstić information content (AvgIpc) is 3.46. The normalized spacial score (nSPS) is 12.5. The number of carbonyl (C=O) groups excluding carboxylic acids is 3. The highest BCUT2D eigenvalue weighted by Crippen LogP contribution is 2.18. The summed E-state index contributed by atoms with van der Waals surface area (Å²) < 4.78 is 17.0. The van der Waals surface area contributed by atoms with Crippen LogP contribution in [-0.2, 0) is 28.6 Å². The van der Waals surface area contributed by atoms with E-state index in [9.17, 15) is 14.4 Å². The van der Waals surface area contributed by atoms with E-state index in [4.69, 9.17) is 14.2 Å². The Bertz CT molecular complexity index is 1470. The van der Waals surface area contributed by atoms with Crippen LogP contribution in [0, 0.1) is 0 Å². The van der Waals surface area contributed by atoms with E-state index >= 15 is 0 Å². The number of allylic oxidation sites excluding steroid dienone is 12. The van der Waals surface area contributed by atoms with Crippen LogP contribution >= 0.6 is 0 Å². The zero-order valence-corrected chi connectivity index (χ0v) is 53.3. The Morgan fingerprint density at radius 3 is 0.787 bits per heavy atom. The van der Waals surface area contributed by atoms with Gasteiger partial charge in [0.15, 0.2) is 6.10 Å². The molecule has 80 heavy (non-hydrogen) atoms. The predicted octanol–water partition coefficient (Wildman–Crippen LogP) is 24.1. The topological polar surface area (TPSA) is 78.9 Å². The van der Waals surface area contributed by atoms with Gasteiger partial charge in [-0.2, -0.15) is 0 Å². The maximum atomic E-state index is 12.9. The van der Waals surface area contributed by atoms with Crippen molar-refractivity contribution in [3.8, 4) is 0 Å². The smallest absolute Gasteiger partial charge is 0.306 e. The van der Waals surface area contributed by atoms with E-state index in [2.05, 4.69) is 93.7 Å². The van der Waals surface area contributed by atoms with Crippen molar-refractivity contribution >= 4 is 17.9 Å². The van der Waals surface area contributed by atoms with Gasteiger partial charge in [0.1, 0.15) is 13.2 Å². The quantitative estimate of drug-likeness (QED) is 0.0261. The van der Waals surface area contributed by atoms with Crippen LogP contribution in [0.3, 0.4) is 0 Å². The Hall–Kier alpha value is -3.15. The monoisotopic (exact) mass is 1120 g/mol. The standard InChI is InChI=1S/C74H132O6/c1-4-7-10-13-16-19-22-25-28-30-31-32-33-34-35-36-37-38-39-40-41-42-43-44-47-49-52-55-58-61-64-67-73(76)79-70-71(69-78-72(75)66-63-60-57-54-51-48-45-27-24-21-18-15-12-9-6-3)80-74(77)68-65-62-59-56-53-50-46-29-26-23-20-17-14-11-8-5-2/h7,10,16,18-19,21,25,27-28,31-32,45,71H,4-6,8-9,11-15,17,20,22-24,26,29-30,33-44,46-70H2,1-3H3/b10-7-,19-16-,21-18-,28-25-,32-31-,45-27-. The minimum Gasteiger partial charge on any atom is -0.462 e. The van der Waals surface area contributed by atoms with Crippen LogP contribution in [0.5, 0.6) is 0 Å². The second kappa shape index (κ2) is 68.3. The van der Waals surface area contributed by atoms with Crippen LogP contribution in [0.4, 0.5) is 0 Å². The lowest BCUT2D eigenvalue weighted by Gasteiger charge is -2.18. The van der Waals surface area contributed by atoms with Crippen molar-refractivity contribution in [3.05, 3.63) is 72.9 Å². The minimum absolute atomic E-state index is 0.0743. The Morgan fingerprint density at radius 1 is 0.263 bits per heavy atom. The number of unbranched alkanes of at least 4 members (excludes halogenated alkanes) is 41. The number of rotatable bonds is 64. The van der Waals surface area contributed by atoms with Crippen molar-refractivity contribution < 1.29 is 28.6 Å². The van der Waals surface area contributed by atoms with E-state index < -0.39 is 6.10 Å². The van der Waals surface area contributed by atoms with Crippen LogP contribution < -0.4 is 0 Å². The predicted molar refractivity (Wildman–Crippen MR) is 348 cm³/mol. The van der Waals surface area contributed by atoms with Gasteiger partial charge in [0, 0.05) is 19.3 Å². The molecule has 6 nitrogen and oxygen atoms in total. The SMILES string of the molecule is CC/C=C\C/C=C\C/C=C\C/C=C\CCCCCCCCCCCCCCCCCCCCC(=O)OCC(COC(=O)CCCCCCC/C=C\C/C=C\CCCCC)OC(=O)CCCCCCCCCCCCCCCCCC. The first-order valence-corrected chi connectivity index (χ1v) is 34.9. The fourth-order valence-corrected chi connectivity index (χ4v) is 10.2. The molecule has 0 bridgehead atoms. The first-order valence-electron chi connectivity index (χ1n) is 34.9. The summed E-state index contributed by atoms with van der Waals surface area (Å²) in [6.07, 6.45) is 89.3. The molecule has 0 amide bonds. The lowest BCUT2D eigenvalue weighted by atomic mass is 10.0. The molecular formula is C74H132O6. The highest BCUT2D eigenvalue weighted by Gasteiger charge is 2.19. The highest BCUT2D eigenvalue weighted by atomic mass is 16.6. The van der Waals surface area contributed by atoms with Crippen molar-refractivity contribution in [2.75, 3.05) is 13.2 Å². The summed E-state index contributed by atoms with van der Waals surface area (Å²) in [6, 6.07) is 0. The first kappa shape index (κ1) is 76.9. The number of carbonyl (C=O) groups is 3. The van der Waals surface area contributed by atoms with Crippen LogP contribution in [0.25, 0.3) is 0 Å². The molecule has 0 aliphatic heterocycles. The molecule has 0 aliphatic rings. The molecule has 0 spiro atoms. The van der Waals surface area contributed by atoms with Crippen LogP contribution in [-0.4, -0.2) is 37.2 Å². The van der Waals surface area contributed by atoms with Crippen molar-refractivity contribution in [1.82, 2.24) is 0 Å². The summed E-state index contributed by atoms with van der Waals surface area (Å²) >= 11 is 0. The largest absolute Gasteiger partial charge is 0.462 e. The van der Waals surface area contributed by atoms with Gasteiger partial charge in [0.05, 0.1) is 0 Å². The average molecular weight is 1120 g/mol. The molecule has 0 heterocycles. The van der Waals surface area contributed by atoms with Gasteiger partial charge in [-0.15, -0.1) is 0 Å². The molecule has 6 heteroatoms. The molecule has 0 rings (SSSR count). The molecule has 0 N–H and O–H groups in total. The van der Waals surface area contributed by atoms with Crippen LogP contribution in [0.2, 0.25) is 0 Å². The third kappa shape index (κ3) is 65.7. The zero-order chi connectivity index (χ0) is 57.8. The van der Waals surface area contributed by atoms with E-state index in [1.165, 1.54) is 218 Å². The molecule has 0 aliphatic carbocycles. The lowest BCUT2D eigenvalue weighted by molar-refractivity contribution is -0.167. The maximum absolute atomic E-state index is 12.9. The fourth-order valence-electron chi connectivity index (χ4n) is 10.2. The molecule has 0 saturated carbocycles. The van der Waals surface area contributed by atoms with Crippen molar-refractivity contribution in [1.29, 1.82) is 0 Å². The fraction of sp³-hybridized carbons (Fsp3) is 0.797. The molecule has 1 unspecified atom stereocenters. The van der Waals surface area contributed by atoms with E-state index in [0.717, 1.165) is 103 Å². The molecule has 0 fully saturated rings. The Morgan fingerprint density at radius 2 is 0.487 bits per heavy atom. The molecule has 1 atom stereocenters. The van der Waals surface area contributed by atoms with Crippen molar-refractivity contribution in [3.63, 3.8) is 0 Å². The second-order valence-electron chi connectivity index (χ2n) is 23.4. The third-order valence-electron chi connectivity index (χ3n) is 15.4. The molecule has 0 saturated heterocycles. The summed E-state index contributed by atoms with van der Waals surface area (Å²) in [5, 5.41) is 0. The van der Waals surface area contributed by atoms with Crippen LogP contribution in [0.15, 0.2) is 72.9 Å². The number of hydrogen-bond donors (Lipinski definition) is 0. The number of esters is 3. The molecule has 0 aromatic heterocycles. The third-order valence-corrected chi connectivity index (χ3v) is 15.4. The number of ether oxygens (including phenoxy) is 3. The van der Waals surface area contributed by atoms with Gasteiger partial charge in [-0.25, -0.2) is 0 Å². The Labute approximate surface area is 497 Å². The maximum Gasteiger partial charge on any atom is 0.306 e. The van der Waals surface area contributed by atoms with Gasteiger partial charge in [-0.3, -0.25) is 14.4 Å². The van der Waals surface area contributed by atoms with Crippen LogP contribution in [0.1, 0.15) is 361 Å². The van der Waals surface area contributed by atoms with Gasteiger partial charge in [-0.1, -0.05) is 325 Å². The van der Waals surface area contributed by atoms with Gasteiger partial charge in [0.2, 0.25) is 0 Å². The van der Waals surface area contributed by atoms with Crippen molar-refractivity contribution in [2.24, 2.45) is 0 Å². The second-order valence-corrected chi connectivity index (χ2v) is 23.4. The zero-order valence-electron chi connectivity index (χ0n) is 53.3. The van der Waals surface area contributed by atoms with E-state index in [0.29, 0.717) is 19.3 Å². The minimum atomic E-state index is -0.778. The highest BCUT2D eigenvalue weighted by molar-refractivity contribution is 5.71. The van der Waals surface area contributed by atoms with Gasteiger partial charge < -0.3 is 14.2 Å². The van der Waals surface area contributed by atoms with E-state index in [1.807, 2.05) is 0 Å². The van der Waals surface area contributed by atoms with E-state index in [-0.39, 0.29) is 31.1 Å². The number of hydrogen-bond acceptors (Lipinski definition) is 6. The van der Waals surface area contributed by atoms with Gasteiger partial charge in [0.25, 0.3) is 0 Å². The Kier molecular flexibility index (Phi) is 65.7. The molecule has 0 aromatic rings. The summed E-state index contributed by atoms with van der Waals surface area (Å²) in [4.78, 5) is 38.4. The summed E-state index contributed by atoms with van der Waals surface area (Å²) in [7, 11) is 0. The molecule has 464 valence electrons. The summed E-state index contributed by atoms with van der Waals surface area (Å²) in [5.74, 6) is -0.865. The lowest BCUT2D eigenvalue weighted by Crippen LogP contribution is -2.30. The van der Waals surface area contributed by atoms with Crippen molar-refractivity contribution in [2.45, 2.75) is 367 Å². The van der Waals surface area contributed by atoms with Gasteiger partial charge >= 0.3 is 17.9 Å².